The first kappa shape index (κ1) is 11.1. The van der Waals surface area contributed by atoms with E-state index in [-0.39, 0.29) is 0 Å². The number of hydrogen-bond acceptors (Lipinski definition) is 3. The van der Waals surface area contributed by atoms with Crippen LogP contribution >= 0.6 is 27.5 Å². The van der Waals surface area contributed by atoms with Gasteiger partial charge in [-0.2, -0.15) is 0 Å². The average Bonchev–Trinajstić information content (AvgIpc) is 2.16. The predicted molar refractivity (Wildman–Crippen MR) is 62.2 cm³/mol. The molecule has 1 heterocycles. The summed E-state index contributed by atoms with van der Waals surface area (Å²) in [5.74, 6) is 1.38. The lowest BCUT2D eigenvalue weighted by Gasteiger charge is -2.24. The second-order valence-electron chi connectivity index (χ2n) is 3.72. The molecule has 2 rings (SSSR count). The van der Waals surface area contributed by atoms with Gasteiger partial charge < -0.3 is 4.74 Å². The van der Waals surface area contributed by atoms with Crippen LogP contribution in [0.1, 0.15) is 25.7 Å². The third-order valence-corrected chi connectivity index (χ3v) is 3.93. The van der Waals surface area contributed by atoms with Crippen molar-refractivity contribution < 1.29 is 4.74 Å². The quantitative estimate of drug-likeness (QED) is 0.797. The van der Waals surface area contributed by atoms with Crippen molar-refractivity contribution >= 4 is 27.5 Å². The van der Waals surface area contributed by atoms with Crippen molar-refractivity contribution in [1.29, 1.82) is 0 Å². The molecule has 5 heteroatoms. The molecule has 1 aromatic heterocycles. The lowest BCUT2D eigenvalue weighted by molar-refractivity contribution is 0.216. The molecular formula is C10H12BrClN2O. The van der Waals surface area contributed by atoms with Gasteiger partial charge in [0.15, 0.2) is 5.15 Å². The van der Waals surface area contributed by atoms with Crippen LogP contribution in [-0.2, 0) is 0 Å². The summed E-state index contributed by atoms with van der Waals surface area (Å²) in [7, 11) is 0. The zero-order chi connectivity index (χ0) is 10.7. The molecule has 0 N–H and O–H groups in total. The van der Waals surface area contributed by atoms with Gasteiger partial charge in [0, 0.05) is 0 Å². The van der Waals surface area contributed by atoms with E-state index in [9.17, 15) is 0 Å². The lowest BCUT2D eigenvalue weighted by atomic mass is 9.83. The SMILES string of the molecule is Clc1ncnc(OCCC2CCC2)c1Br. The Hall–Kier alpha value is -0.350. The number of halogens is 2. The summed E-state index contributed by atoms with van der Waals surface area (Å²) in [6.45, 7) is 0.705. The molecule has 1 aliphatic rings. The Morgan fingerprint density at radius 3 is 2.93 bits per heavy atom. The number of nitrogens with zero attached hydrogens (tertiary/aromatic N) is 2. The summed E-state index contributed by atoms with van der Waals surface area (Å²) in [5, 5.41) is 0.392. The second kappa shape index (κ2) is 5.12. The van der Waals surface area contributed by atoms with E-state index in [1.54, 1.807) is 0 Å². The van der Waals surface area contributed by atoms with E-state index in [0.29, 0.717) is 22.1 Å². The van der Waals surface area contributed by atoms with Crippen LogP contribution in [0.3, 0.4) is 0 Å². The van der Waals surface area contributed by atoms with Crippen LogP contribution in [0.2, 0.25) is 5.15 Å². The zero-order valence-electron chi connectivity index (χ0n) is 8.25. The van der Waals surface area contributed by atoms with Crippen molar-refractivity contribution in [3.05, 3.63) is 16.0 Å². The number of hydrogen-bond donors (Lipinski definition) is 0. The molecule has 82 valence electrons. The Morgan fingerprint density at radius 1 is 1.47 bits per heavy atom. The molecule has 15 heavy (non-hydrogen) atoms. The highest BCUT2D eigenvalue weighted by Crippen LogP contribution is 2.31. The third-order valence-electron chi connectivity index (χ3n) is 2.70. The van der Waals surface area contributed by atoms with E-state index < -0.39 is 0 Å². The first-order chi connectivity index (χ1) is 7.27. The van der Waals surface area contributed by atoms with Crippen molar-refractivity contribution in [2.24, 2.45) is 5.92 Å². The van der Waals surface area contributed by atoms with Crippen molar-refractivity contribution in [2.75, 3.05) is 6.61 Å². The molecule has 1 fully saturated rings. The molecule has 0 atom stereocenters. The summed E-state index contributed by atoms with van der Waals surface area (Å²) in [6, 6.07) is 0. The first-order valence-corrected chi connectivity index (χ1v) is 6.23. The molecule has 1 aromatic rings. The fourth-order valence-corrected chi connectivity index (χ4v) is 1.98. The highest BCUT2D eigenvalue weighted by atomic mass is 79.9. The molecule has 3 nitrogen and oxygen atoms in total. The Morgan fingerprint density at radius 2 is 2.27 bits per heavy atom. The Labute approximate surface area is 102 Å². The average molecular weight is 292 g/mol. The topological polar surface area (TPSA) is 35.0 Å². The van der Waals surface area contributed by atoms with Gasteiger partial charge in [0.1, 0.15) is 10.8 Å². The monoisotopic (exact) mass is 290 g/mol. The molecular weight excluding hydrogens is 279 g/mol. The number of ether oxygens (including phenoxy) is 1. The highest BCUT2D eigenvalue weighted by Gasteiger charge is 2.17. The zero-order valence-corrected chi connectivity index (χ0v) is 10.6. The van der Waals surface area contributed by atoms with Gasteiger partial charge in [-0.25, -0.2) is 9.97 Å². The first-order valence-electron chi connectivity index (χ1n) is 5.06. The van der Waals surface area contributed by atoms with Crippen LogP contribution in [0.15, 0.2) is 10.8 Å². The van der Waals surface area contributed by atoms with Gasteiger partial charge in [-0.15, -0.1) is 0 Å². The molecule has 0 radical (unpaired) electrons. The van der Waals surface area contributed by atoms with E-state index in [2.05, 4.69) is 25.9 Å². The smallest absolute Gasteiger partial charge is 0.232 e. The summed E-state index contributed by atoms with van der Waals surface area (Å²) >= 11 is 9.11. The van der Waals surface area contributed by atoms with Crippen LogP contribution in [0.25, 0.3) is 0 Å². The van der Waals surface area contributed by atoms with Crippen LogP contribution < -0.4 is 4.74 Å². The Balaban J connectivity index is 1.84. The van der Waals surface area contributed by atoms with Gasteiger partial charge in [0.25, 0.3) is 0 Å². The van der Waals surface area contributed by atoms with Gasteiger partial charge in [0.2, 0.25) is 5.88 Å². The van der Waals surface area contributed by atoms with Crippen molar-refractivity contribution in [3.8, 4) is 5.88 Å². The summed E-state index contributed by atoms with van der Waals surface area (Å²) < 4.78 is 6.18. The molecule has 0 spiro atoms. The molecule has 0 unspecified atom stereocenters. The maximum Gasteiger partial charge on any atom is 0.232 e. The fraction of sp³-hybridized carbons (Fsp3) is 0.600. The maximum absolute atomic E-state index is 5.82. The minimum Gasteiger partial charge on any atom is -0.477 e. The molecule has 0 aromatic carbocycles. The van der Waals surface area contributed by atoms with E-state index in [1.165, 1.54) is 25.6 Å². The van der Waals surface area contributed by atoms with Crippen molar-refractivity contribution in [1.82, 2.24) is 9.97 Å². The van der Waals surface area contributed by atoms with E-state index in [4.69, 9.17) is 16.3 Å². The summed E-state index contributed by atoms with van der Waals surface area (Å²) in [5.41, 5.74) is 0. The fourth-order valence-electron chi connectivity index (χ4n) is 1.54. The molecule has 1 aliphatic carbocycles. The van der Waals surface area contributed by atoms with E-state index in [0.717, 1.165) is 12.3 Å². The molecule has 0 bridgehead atoms. The van der Waals surface area contributed by atoms with Gasteiger partial charge >= 0.3 is 0 Å². The largest absolute Gasteiger partial charge is 0.477 e. The van der Waals surface area contributed by atoms with Crippen LogP contribution in [0, 0.1) is 5.92 Å². The molecule has 0 aliphatic heterocycles. The van der Waals surface area contributed by atoms with E-state index >= 15 is 0 Å². The predicted octanol–water partition coefficient (Wildman–Crippen LogP) is 3.46. The van der Waals surface area contributed by atoms with Crippen molar-refractivity contribution in [3.63, 3.8) is 0 Å². The molecule has 0 amide bonds. The highest BCUT2D eigenvalue weighted by molar-refractivity contribution is 9.10. The van der Waals surface area contributed by atoms with Crippen LogP contribution in [0.4, 0.5) is 0 Å². The lowest BCUT2D eigenvalue weighted by Crippen LogP contribution is -2.14. The number of aromatic nitrogens is 2. The normalized spacial score (nSPS) is 16.1. The van der Waals surface area contributed by atoms with Gasteiger partial charge in [-0.3, -0.25) is 0 Å². The maximum atomic E-state index is 5.82. The van der Waals surface area contributed by atoms with Gasteiger partial charge in [0.05, 0.1) is 6.61 Å². The van der Waals surface area contributed by atoms with Crippen molar-refractivity contribution in [2.45, 2.75) is 25.7 Å². The summed E-state index contributed by atoms with van der Waals surface area (Å²) in [4.78, 5) is 7.85. The van der Waals surface area contributed by atoms with Crippen LogP contribution in [0.5, 0.6) is 5.88 Å². The molecule has 0 saturated heterocycles. The summed E-state index contributed by atoms with van der Waals surface area (Å²) in [6.07, 6.45) is 6.57. The minimum atomic E-state index is 0.392. The van der Waals surface area contributed by atoms with Gasteiger partial charge in [-0.1, -0.05) is 30.9 Å². The standard InChI is InChI=1S/C10H12BrClN2O/c11-8-9(12)13-6-14-10(8)15-5-4-7-2-1-3-7/h6-7H,1-5H2. The molecule has 1 saturated carbocycles. The van der Waals surface area contributed by atoms with Gasteiger partial charge in [-0.05, 0) is 28.3 Å². The van der Waals surface area contributed by atoms with E-state index in [1.807, 2.05) is 0 Å². The van der Waals surface area contributed by atoms with Crippen LogP contribution in [-0.4, -0.2) is 16.6 Å². The minimum absolute atomic E-state index is 0.392. The number of rotatable bonds is 4. The Bertz CT molecular complexity index is 344. The third kappa shape index (κ3) is 2.82. The Kier molecular flexibility index (Phi) is 3.81. The second-order valence-corrected chi connectivity index (χ2v) is 4.87.